The second-order valence-electron chi connectivity index (χ2n) is 9.47. The number of nitrogens with zero attached hydrogens (tertiary/aromatic N) is 2. The normalized spacial score (nSPS) is 12.7. The smallest absolute Gasteiger partial charge is 0.264 e. The van der Waals surface area contributed by atoms with Crippen molar-refractivity contribution in [3.63, 3.8) is 0 Å². The molecule has 0 fully saturated rings. The third kappa shape index (κ3) is 7.38. The van der Waals surface area contributed by atoms with Crippen molar-refractivity contribution in [1.29, 1.82) is 0 Å². The molecule has 2 amide bonds. The molecule has 0 spiro atoms. The van der Waals surface area contributed by atoms with Crippen molar-refractivity contribution in [3.05, 3.63) is 90.0 Å². The Hall–Kier alpha value is -3.85. The molecule has 3 rings (SSSR count). The van der Waals surface area contributed by atoms with Crippen LogP contribution in [0.25, 0.3) is 0 Å². The molecule has 0 radical (unpaired) electrons. The maximum Gasteiger partial charge on any atom is 0.264 e. The molecule has 0 saturated carbocycles. The SMILES string of the molecule is CC[C@H](C)NC(=O)[C@H](C)N(Cc1ccccc1C)C(=O)CN(c1cccc(OC)c1)S(=O)(=O)c1ccccc1. The number of hydrogen-bond donors (Lipinski definition) is 1. The number of anilines is 1. The van der Waals surface area contributed by atoms with E-state index in [1.807, 2.05) is 45.0 Å². The quantitative estimate of drug-likeness (QED) is 0.357. The zero-order chi connectivity index (χ0) is 28.6. The summed E-state index contributed by atoms with van der Waals surface area (Å²) in [5.41, 5.74) is 2.11. The Kier molecular flexibility index (Phi) is 10.1. The van der Waals surface area contributed by atoms with Crippen LogP contribution in [0.2, 0.25) is 0 Å². The second kappa shape index (κ2) is 13.3. The first-order chi connectivity index (χ1) is 18.6. The van der Waals surface area contributed by atoms with E-state index in [0.29, 0.717) is 5.75 Å². The number of methoxy groups -OCH3 is 1. The highest BCUT2D eigenvalue weighted by Gasteiger charge is 2.33. The van der Waals surface area contributed by atoms with Crippen LogP contribution in [0.1, 0.15) is 38.3 Å². The number of aryl methyl sites for hydroxylation is 1. The predicted molar refractivity (Wildman–Crippen MR) is 153 cm³/mol. The summed E-state index contributed by atoms with van der Waals surface area (Å²) in [6.45, 7) is 7.11. The number of nitrogens with one attached hydrogen (secondary N) is 1. The fraction of sp³-hybridized carbons (Fsp3) is 0.333. The highest BCUT2D eigenvalue weighted by molar-refractivity contribution is 7.92. The lowest BCUT2D eigenvalue weighted by Gasteiger charge is -2.32. The van der Waals surface area contributed by atoms with Gasteiger partial charge in [0.25, 0.3) is 10.0 Å². The molecule has 3 aromatic rings. The summed E-state index contributed by atoms with van der Waals surface area (Å²) in [4.78, 5) is 28.6. The number of hydrogen-bond acceptors (Lipinski definition) is 5. The van der Waals surface area contributed by atoms with Crippen LogP contribution in [-0.4, -0.2) is 50.9 Å². The van der Waals surface area contributed by atoms with Crippen LogP contribution in [0.4, 0.5) is 5.69 Å². The Morgan fingerprint density at radius 2 is 1.62 bits per heavy atom. The van der Waals surface area contributed by atoms with Crippen molar-refractivity contribution < 1.29 is 22.7 Å². The highest BCUT2D eigenvalue weighted by atomic mass is 32.2. The molecule has 3 aromatic carbocycles. The van der Waals surface area contributed by atoms with Crippen molar-refractivity contribution in [2.75, 3.05) is 18.0 Å². The lowest BCUT2D eigenvalue weighted by atomic mass is 10.1. The monoisotopic (exact) mass is 551 g/mol. The minimum atomic E-state index is -4.13. The van der Waals surface area contributed by atoms with Crippen LogP contribution < -0.4 is 14.4 Å². The predicted octanol–water partition coefficient (Wildman–Crippen LogP) is 4.53. The largest absolute Gasteiger partial charge is 0.497 e. The van der Waals surface area contributed by atoms with Gasteiger partial charge in [0.05, 0.1) is 17.7 Å². The van der Waals surface area contributed by atoms with Crippen LogP contribution >= 0.6 is 0 Å². The standard InChI is InChI=1S/C30H37N3O5S/c1-6-23(3)31-30(35)24(4)32(20-25-14-11-10-13-22(25)2)29(34)21-33(26-15-12-16-27(19-26)38-5)39(36,37)28-17-8-7-9-18-28/h7-19,23-24H,6,20-21H2,1-5H3,(H,31,35)/t23-,24-/m0/s1. The van der Waals surface area contributed by atoms with Crippen LogP contribution in [0.5, 0.6) is 5.75 Å². The van der Waals surface area contributed by atoms with Crippen molar-refractivity contribution in [3.8, 4) is 5.75 Å². The van der Waals surface area contributed by atoms with Gasteiger partial charge >= 0.3 is 0 Å². The summed E-state index contributed by atoms with van der Waals surface area (Å²) >= 11 is 0. The Morgan fingerprint density at radius 1 is 0.949 bits per heavy atom. The first-order valence-corrected chi connectivity index (χ1v) is 14.4. The Bertz CT molecular complexity index is 1380. The molecule has 8 nitrogen and oxygen atoms in total. The van der Waals surface area contributed by atoms with E-state index in [1.165, 1.54) is 24.1 Å². The molecule has 0 aliphatic carbocycles. The molecule has 0 aromatic heterocycles. The van der Waals surface area contributed by atoms with E-state index in [-0.39, 0.29) is 29.1 Å². The summed E-state index contributed by atoms with van der Waals surface area (Å²) in [5, 5.41) is 2.94. The van der Waals surface area contributed by atoms with Crippen LogP contribution in [0.3, 0.4) is 0 Å². The van der Waals surface area contributed by atoms with E-state index in [0.717, 1.165) is 21.9 Å². The van der Waals surface area contributed by atoms with E-state index in [9.17, 15) is 18.0 Å². The van der Waals surface area contributed by atoms with Crippen LogP contribution in [0, 0.1) is 6.92 Å². The van der Waals surface area contributed by atoms with Crippen molar-refractivity contribution in [2.45, 2.75) is 57.6 Å². The first kappa shape index (κ1) is 29.7. The van der Waals surface area contributed by atoms with Gasteiger partial charge in [0.1, 0.15) is 18.3 Å². The number of rotatable bonds is 12. The highest BCUT2D eigenvalue weighted by Crippen LogP contribution is 2.27. The number of ether oxygens (including phenoxy) is 1. The molecule has 208 valence electrons. The van der Waals surface area contributed by atoms with Gasteiger partial charge in [0.2, 0.25) is 11.8 Å². The average Bonchev–Trinajstić information content (AvgIpc) is 2.95. The fourth-order valence-electron chi connectivity index (χ4n) is 4.03. The lowest BCUT2D eigenvalue weighted by molar-refractivity contribution is -0.139. The summed E-state index contributed by atoms with van der Waals surface area (Å²) < 4.78 is 34.0. The summed E-state index contributed by atoms with van der Waals surface area (Å²) in [5.74, 6) is -0.358. The fourth-order valence-corrected chi connectivity index (χ4v) is 5.46. The molecule has 0 bridgehead atoms. The summed E-state index contributed by atoms with van der Waals surface area (Å²) in [7, 11) is -2.64. The van der Waals surface area contributed by atoms with Crippen molar-refractivity contribution >= 4 is 27.5 Å². The molecule has 0 unspecified atom stereocenters. The number of carbonyl (C=O) groups is 2. The Morgan fingerprint density at radius 3 is 2.26 bits per heavy atom. The van der Waals surface area contributed by atoms with Gasteiger partial charge in [0.15, 0.2) is 0 Å². The number of amides is 2. The lowest BCUT2D eigenvalue weighted by Crippen LogP contribution is -2.52. The number of sulfonamides is 1. The van der Waals surface area contributed by atoms with E-state index >= 15 is 0 Å². The van der Waals surface area contributed by atoms with E-state index in [2.05, 4.69) is 5.32 Å². The third-order valence-corrected chi connectivity index (χ3v) is 8.51. The van der Waals surface area contributed by atoms with E-state index in [1.54, 1.807) is 49.4 Å². The molecular formula is C30H37N3O5S. The van der Waals surface area contributed by atoms with Gasteiger partial charge in [-0.1, -0.05) is 55.5 Å². The maximum absolute atomic E-state index is 14.0. The Balaban J connectivity index is 2.04. The van der Waals surface area contributed by atoms with Crippen LogP contribution in [0.15, 0.2) is 83.8 Å². The van der Waals surface area contributed by atoms with E-state index in [4.69, 9.17) is 4.74 Å². The van der Waals surface area contributed by atoms with Gasteiger partial charge in [-0.25, -0.2) is 8.42 Å². The van der Waals surface area contributed by atoms with Gasteiger partial charge in [-0.2, -0.15) is 0 Å². The summed E-state index contributed by atoms with van der Waals surface area (Å²) in [6.07, 6.45) is 0.739. The molecular weight excluding hydrogens is 514 g/mol. The molecule has 1 N–H and O–H groups in total. The van der Waals surface area contributed by atoms with Gasteiger partial charge in [-0.15, -0.1) is 0 Å². The minimum Gasteiger partial charge on any atom is -0.497 e. The molecule has 2 atom stereocenters. The van der Waals surface area contributed by atoms with Crippen molar-refractivity contribution in [1.82, 2.24) is 10.2 Å². The number of benzene rings is 3. The minimum absolute atomic E-state index is 0.0497. The topological polar surface area (TPSA) is 96.0 Å². The molecule has 0 aliphatic heterocycles. The molecule has 39 heavy (non-hydrogen) atoms. The van der Waals surface area contributed by atoms with Crippen molar-refractivity contribution in [2.24, 2.45) is 0 Å². The second-order valence-corrected chi connectivity index (χ2v) is 11.3. The summed E-state index contributed by atoms with van der Waals surface area (Å²) in [6, 6.07) is 21.2. The van der Waals surface area contributed by atoms with E-state index < -0.39 is 28.5 Å². The zero-order valence-electron chi connectivity index (χ0n) is 23.1. The zero-order valence-corrected chi connectivity index (χ0v) is 23.9. The Labute approximate surface area is 231 Å². The molecule has 0 saturated heterocycles. The van der Waals surface area contributed by atoms with Gasteiger partial charge in [0, 0.05) is 18.7 Å². The first-order valence-electron chi connectivity index (χ1n) is 12.9. The molecule has 0 heterocycles. The number of carbonyl (C=O) groups excluding carboxylic acids is 2. The van der Waals surface area contributed by atoms with Gasteiger partial charge < -0.3 is 15.0 Å². The van der Waals surface area contributed by atoms with Gasteiger partial charge in [-0.3, -0.25) is 13.9 Å². The van der Waals surface area contributed by atoms with Gasteiger partial charge in [-0.05, 0) is 62.6 Å². The third-order valence-electron chi connectivity index (χ3n) is 6.72. The van der Waals surface area contributed by atoms with Crippen LogP contribution in [-0.2, 0) is 26.2 Å². The molecule has 0 aliphatic rings. The average molecular weight is 552 g/mol. The maximum atomic E-state index is 14.0. The molecule has 9 heteroatoms.